The summed E-state index contributed by atoms with van der Waals surface area (Å²) in [5, 5.41) is 3.69. The molecular formula is C21H18F4N4O3. The van der Waals surface area contributed by atoms with Gasteiger partial charge in [-0.05, 0) is 38.1 Å². The Morgan fingerprint density at radius 2 is 1.72 bits per heavy atom. The number of hydrogen-bond acceptors (Lipinski definition) is 4. The molecule has 2 amide bonds. The van der Waals surface area contributed by atoms with E-state index in [1.165, 1.54) is 37.3 Å². The molecule has 1 atom stereocenters. The zero-order valence-electron chi connectivity index (χ0n) is 16.9. The van der Waals surface area contributed by atoms with Crippen molar-refractivity contribution >= 4 is 11.8 Å². The summed E-state index contributed by atoms with van der Waals surface area (Å²) in [5.41, 5.74) is 2.72. The first-order valence-corrected chi connectivity index (χ1v) is 9.31. The van der Waals surface area contributed by atoms with E-state index in [9.17, 15) is 27.2 Å². The number of halogens is 4. The van der Waals surface area contributed by atoms with Gasteiger partial charge in [0.1, 0.15) is 0 Å². The highest BCUT2D eigenvalue weighted by atomic mass is 19.4. The number of hydrazine groups is 1. The summed E-state index contributed by atoms with van der Waals surface area (Å²) in [6.07, 6.45) is -5.40. The van der Waals surface area contributed by atoms with Crippen molar-refractivity contribution in [3.05, 3.63) is 77.4 Å². The number of aromatic nitrogens is 2. The Labute approximate surface area is 180 Å². The third-order valence-corrected chi connectivity index (χ3v) is 4.37. The Hall–Kier alpha value is -3.89. The molecule has 0 aliphatic rings. The van der Waals surface area contributed by atoms with Crippen molar-refractivity contribution in [2.24, 2.45) is 0 Å². The molecule has 2 N–H and O–H groups in total. The molecule has 0 bridgehead atoms. The summed E-state index contributed by atoms with van der Waals surface area (Å²) in [7, 11) is 0. The van der Waals surface area contributed by atoms with Crippen LogP contribution in [0.4, 0.5) is 17.6 Å². The van der Waals surface area contributed by atoms with Gasteiger partial charge in [0.2, 0.25) is 0 Å². The number of rotatable bonds is 5. The fraction of sp³-hybridized carbons (Fsp3) is 0.190. The topological polar surface area (TPSA) is 85.3 Å². The first-order valence-electron chi connectivity index (χ1n) is 9.31. The lowest BCUT2D eigenvalue weighted by Crippen LogP contribution is -2.47. The monoisotopic (exact) mass is 450 g/mol. The summed E-state index contributed by atoms with van der Waals surface area (Å²) >= 11 is 0. The number of carbonyl (C=O) groups excluding carboxylic acids is 2. The Balaban J connectivity index is 1.74. The van der Waals surface area contributed by atoms with Crippen molar-refractivity contribution in [3.63, 3.8) is 0 Å². The van der Waals surface area contributed by atoms with Crippen molar-refractivity contribution in [2.45, 2.75) is 26.1 Å². The number of nitrogens with one attached hydrogen (secondary N) is 2. The number of ether oxygens (including phenoxy) is 1. The number of aryl methyl sites for hydroxylation is 1. The Kier molecular flexibility index (Phi) is 6.47. The number of hydrogen-bond donors (Lipinski definition) is 2. The van der Waals surface area contributed by atoms with Crippen molar-refractivity contribution in [3.8, 4) is 11.4 Å². The van der Waals surface area contributed by atoms with Gasteiger partial charge in [0.25, 0.3) is 11.8 Å². The second kappa shape index (κ2) is 9.08. The third-order valence-electron chi connectivity index (χ3n) is 4.37. The van der Waals surface area contributed by atoms with Crippen LogP contribution in [0.25, 0.3) is 5.69 Å². The van der Waals surface area contributed by atoms with E-state index in [-0.39, 0.29) is 11.4 Å². The predicted octanol–water partition coefficient (Wildman–Crippen LogP) is 3.57. The lowest BCUT2D eigenvalue weighted by atomic mass is 10.2. The molecule has 1 aromatic heterocycles. The van der Waals surface area contributed by atoms with Crippen LogP contribution in [0.5, 0.6) is 5.75 Å². The van der Waals surface area contributed by atoms with Gasteiger partial charge < -0.3 is 4.74 Å². The maximum Gasteiger partial charge on any atom is 0.434 e. The molecule has 1 heterocycles. The minimum Gasteiger partial charge on any atom is -0.478 e. The molecule has 2 aromatic carbocycles. The molecule has 3 rings (SSSR count). The predicted molar refractivity (Wildman–Crippen MR) is 105 cm³/mol. The molecule has 0 spiro atoms. The van der Waals surface area contributed by atoms with Gasteiger partial charge in [-0.15, -0.1) is 0 Å². The zero-order valence-corrected chi connectivity index (χ0v) is 16.9. The van der Waals surface area contributed by atoms with E-state index in [1.54, 1.807) is 19.1 Å². The number of nitrogens with zero attached hydrogens (tertiary/aromatic N) is 2. The molecule has 0 aliphatic heterocycles. The second-order valence-electron chi connectivity index (χ2n) is 6.79. The largest absolute Gasteiger partial charge is 0.478 e. The van der Waals surface area contributed by atoms with E-state index in [0.717, 1.165) is 17.8 Å². The number of amides is 2. The van der Waals surface area contributed by atoms with Gasteiger partial charge in [-0.25, -0.2) is 9.07 Å². The molecule has 0 aliphatic carbocycles. The molecular weight excluding hydrogens is 432 g/mol. The molecule has 7 nitrogen and oxygen atoms in total. The normalized spacial score (nSPS) is 12.2. The molecule has 0 fully saturated rings. The van der Waals surface area contributed by atoms with Crippen LogP contribution in [0, 0.1) is 12.7 Å². The molecule has 0 saturated heterocycles. The second-order valence-corrected chi connectivity index (χ2v) is 6.79. The smallest absolute Gasteiger partial charge is 0.434 e. The van der Waals surface area contributed by atoms with Crippen LogP contribution in [0.15, 0.2) is 54.7 Å². The number of benzene rings is 2. The maximum atomic E-state index is 13.7. The van der Waals surface area contributed by atoms with Gasteiger partial charge in [0.15, 0.2) is 23.4 Å². The lowest BCUT2D eigenvalue weighted by Gasteiger charge is -2.16. The fourth-order valence-electron chi connectivity index (χ4n) is 2.74. The van der Waals surface area contributed by atoms with Crippen LogP contribution in [-0.4, -0.2) is 27.7 Å². The van der Waals surface area contributed by atoms with Gasteiger partial charge in [-0.2, -0.15) is 18.3 Å². The van der Waals surface area contributed by atoms with Gasteiger partial charge in [-0.3, -0.25) is 20.4 Å². The van der Waals surface area contributed by atoms with Crippen LogP contribution < -0.4 is 15.6 Å². The number of alkyl halides is 3. The summed E-state index contributed by atoms with van der Waals surface area (Å²) in [6, 6.07) is 11.4. The van der Waals surface area contributed by atoms with Gasteiger partial charge in [0, 0.05) is 0 Å². The fourth-order valence-corrected chi connectivity index (χ4v) is 2.74. The number of para-hydroxylation sites is 1. The van der Waals surface area contributed by atoms with E-state index in [2.05, 4.69) is 5.10 Å². The van der Waals surface area contributed by atoms with E-state index in [4.69, 9.17) is 4.74 Å². The highest BCUT2D eigenvalue weighted by Gasteiger charge is 2.40. The van der Waals surface area contributed by atoms with E-state index < -0.39 is 41.2 Å². The first kappa shape index (κ1) is 22.8. The highest BCUT2D eigenvalue weighted by molar-refractivity contribution is 5.96. The summed E-state index contributed by atoms with van der Waals surface area (Å²) < 4.78 is 60.5. The minimum absolute atomic E-state index is 0.109. The summed E-state index contributed by atoms with van der Waals surface area (Å²) in [5.74, 6) is -3.03. The Morgan fingerprint density at radius 1 is 1.06 bits per heavy atom. The minimum atomic E-state index is -4.90. The van der Waals surface area contributed by atoms with Crippen molar-refractivity contribution in [2.75, 3.05) is 0 Å². The van der Waals surface area contributed by atoms with Crippen LogP contribution in [0.1, 0.15) is 28.5 Å². The molecule has 168 valence electrons. The molecule has 3 aromatic rings. The average Bonchev–Trinajstić information content (AvgIpc) is 3.20. The van der Waals surface area contributed by atoms with Gasteiger partial charge >= 0.3 is 6.18 Å². The Bertz CT molecular complexity index is 1130. The van der Waals surface area contributed by atoms with Crippen molar-refractivity contribution < 1.29 is 31.9 Å². The average molecular weight is 450 g/mol. The van der Waals surface area contributed by atoms with Gasteiger partial charge in [0.05, 0.1) is 17.4 Å². The highest BCUT2D eigenvalue weighted by Crippen LogP contribution is 2.33. The SMILES string of the molecule is Cc1ccc(-n2ncc(C(=O)NNC(=O)C(C)Oc3ccccc3F)c2C(F)(F)F)cc1. The molecule has 0 radical (unpaired) electrons. The molecule has 32 heavy (non-hydrogen) atoms. The lowest BCUT2D eigenvalue weighted by molar-refractivity contribution is -0.143. The third kappa shape index (κ3) is 5.05. The van der Waals surface area contributed by atoms with Crippen LogP contribution in [0.3, 0.4) is 0 Å². The van der Waals surface area contributed by atoms with Crippen molar-refractivity contribution in [1.82, 2.24) is 20.6 Å². The zero-order chi connectivity index (χ0) is 23.5. The quantitative estimate of drug-likeness (QED) is 0.460. The van der Waals surface area contributed by atoms with Crippen LogP contribution in [0.2, 0.25) is 0 Å². The first-order chi connectivity index (χ1) is 15.1. The summed E-state index contributed by atoms with van der Waals surface area (Å²) in [6.45, 7) is 3.06. The Morgan fingerprint density at radius 3 is 2.34 bits per heavy atom. The van der Waals surface area contributed by atoms with E-state index >= 15 is 0 Å². The molecule has 0 saturated carbocycles. The van der Waals surface area contributed by atoms with E-state index in [0.29, 0.717) is 4.68 Å². The molecule has 1 unspecified atom stereocenters. The van der Waals surface area contributed by atoms with Gasteiger partial charge in [-0.1, -0.05) is 29.8 Å². The van der Waals surface area contributed by atoms with E-state index in [1.807, 2.05) is 10.9 Å². The number of carbonyl (C=O) groups is 2. The standard InChI is InChI=1S/C21H18F4N4O3/c1-12-7-9-14(10-8-12)29-18(21(23,24)25)15(11-26-29)20(31)28-27-19(30)13(2)32-17-6-4-3-5-16(17)22/h3-11,13H,1-2H3,(H,27,30)(H,28,31). The van der Waals surface area contributed by atoms with Crippen molar-refractivity contribution in [1.29, 1.82) is 0 Å². The van der Waals surface area contributed by atoms with Crippen LogP contribution >= 0.6 is 0 Å². The summed E-state index contributed by atoms with van der Waals surface area (Å²) in [4.78, 5) is 24.5. The van der Waals surface area contributed by atoms with Crippen LogP contribution in [-0.2, 0) is 11.0 Å². The maximum absolute atomic E-state index is 13.7. The molecule has 11 heteroatoms.